The third-order valence-corrected chi connectivity index (χ3v) is 8.78. The van der Waals surface area contributed by atoms with Crippen LogP contribution in [0.4, 0.5) is 9.18 Å². The molecule has 0 bridgehead atoms. The molecule has 3 aliphatic rings. The summed E-state index contributed by atoms with van der Waals surface area (Å²) in [4.78, 5) is 86.4. The van der Waals surface area contributed by atoms with Crippen LogP contribution < -0.4 is 15.4 Å². The number of halogens is 1. The van der Waals surface area contributed by atoms with Crippen molar-refractivity contribution in [2.24, 2.45) is 0 Å². The summed E-state index contributed by atoms with van der Waals surface area (Å²) in [5, 5.41) is 5.95. The van der Waals surface area contributed by atoms with Crippen LogP contribution in [0.3, 0.4) is 0 Å². The second-order valence-electron chi connectivity index (χ2n) is 12.4. The summed E-state index contributed by atoms with van der Waals surface area (Å²) in [7, 11) is 0. The molecule has 2 unspecified atom stereocenters. The number of nitrogens with zero attached hydrogens (tertiary/aromatic N) is 4. The number of likely N-dealkylation sites (tertiary alicyclic amines) is 1. The maximum atomic E-state index is 14.3. The molecule has 2 N–H and O–H groups in total. The first-order valence-corrected chi connectivity index (χ1v) is 17.1. The summed E-state index contributed by atoms with van der Waals surface area (Å²) in [6, 6.07) is 3.44. The summed E-state index contributed by atoms with van der Waals surface area (Å²) < 4.78 is 30.3. The molecular weight excluding hydrogens is 655 g/mol. The maximum absolute atomic E-state index is 14.3. The quantitative estimate of drug-likeness (QED) is 0.293. The van der Waals surface area contributed by atoms with Crippen molar-refractivity contribution in [3.8, 4) is 5.75 Å². The number of fused-ring (bicyclic) bond motifs is 1. The van der Waals surface area contributed by atoms with Crippen molar-refractivity contribution < 1.29 is 47.4 Å². The molecule has 0 spiro atoms. The normalized spacial score (nSPS) is 18.0. The number of benzene rings is 1. The van der Waals surface area contributed by atoms with Crippen LogP contribution in [0, 0.1) is 5.82 Å². The number of amides is 5. The van der Waals surface area contributed by atoms with Gasteiger partial charge in [-0.1, -0.05) is 0 Å². The SMILES string of the molecule is CCOC(=O)CCC(NC(=O)c1cc(OCC(=O)N2CCCC2C(=O)NC2CC2)c2ccc(F)cc2n1)C(=O)N1CCN(C(=O)OCC)CC1. The number of nitrogens with one attached hydrogen (secondary N) is 2. The molecule has 2 atom stereocenters. The predicted molar refractivity (Wildman–Crippen MR) is 175 cm³/mol. The molecule has 1 aromatic carbocycles. The number of piperazine rings is 1. The molecule has 5 rings (SSSR count). The zero-order valence-electron chi connectivity index (χ0n) is 28.3. The molecule has 3 fully saturated rings. The first kappa shape index (κ1) is 36.3. The molecule has 16 heteroatoms. The van der Waals surface area contributed by atoms with Gasteiger partial charge in [0.1, 0.15) is 29.3 Å². The van der Waals surface area contributed by atoms with E-state index >= 15 is 0 Å². The fraction of sp³-hybridized carbons (Fsp3) is 0.559. The standard InChI is InChI=1S/C34H43FN6O9/c1-3-48-30(43)12-11-24(33(46)39-14-16-40(17-15-39)34(47)49-4-2)38-31(44)26-19-28(23-10-7-21(35)18-25(23)37-26)50-20-29(42)41-13-5-6-27(41)32(45)36-22-8-9-22/h7,10,18-19,22,24,27H,3-6,8-9,11-17,20H2,1-2H3,(H,36,45)(H,38,44). The van der Waals surface area contributed by atoms with E-state index in [0.29, 0.717) is 24.8 Å². The first-order valence-electron chi connectivity index (χ1n) is 17.1. The third-order valence-electron chi connectivity index (χ3n) is 8.78. The summed E-state index contributed by atoms with van der Waals surface area (Å²) in [6.07, 6.45) is 2.36. The first-order chi connectivity index (χ1) is 24.1. The van der Waals surface area contributed by atoms with Gasteiger partial charge < -0.3 is 39.5 Å². The van der Waals surface area contributed by atoms with Gasteiger partial charge in [0, 0.05) is 62.7 Å². The molecule has 0 radical (unpaired) electrons. The van der Waals surface area contributed by atoms with Gasteiger partial charge in [0.15, 0.2) is 6.61 Å². The van der Waals surface area contributed by atoms with Crippen molar-refractivity contribution in [1.82, 2.24) is 30.3 Å². The second-order valence-corrected chi connectivity index (χ2v) is 12.4. The zero-order chi connectivity index (χ0) is 35.8. The minimum Gasteiger partial charge on any atom is -0.483 e. The smallest absolute Gasteiger partial charge is 0.409 e. The minimum atomic E-state index is -1.16. The van der Waals surface area contributed by atoms with Gasteiger partial charge >= 0.3 is 12.1 Å². The fourth-order valence-electron chi connectivity index (χ4n) is 6.02. The Labute approximate surface area is 288 Å². The summed E-state index contributed by atoms with van der Waals surface area (Å²) in [5.74, 6) is -2.94. The van der Waals surface area contributed by atoms with Gasteiger partial charge in [-0.05, 0) is 58.1 Å². The third kappa shape index (κ3) is 9.15. The van der Waals surface area contributed by atoms with Crippen LogP contribution in [-0.2, 0) is 28.7 Å². The molecular formula is C34H43FN6O9. The number of pyridine rings is 1. The Morgan fingerprint density at radius 3 is 2.36 bits per heavy atom. The van der Waals surface area contributed by atoms with Gasteiger partial charge in [0.05, 0.1) is 18.7 Å². The van der Waals surface area contributed by atoms with Gasteiger partial charge in [-0.25, -0.2) is 14.2 Å². The lowest BCUT2D eigenvalue weighted by molar-refractivity contribution is -0.143. The fourth-order valence-corrected chi connectivity index (χ4v) is 6.02. The average Bonchev–Trinajstić information content (AvgIpc) is 3.78. The van der Waals surface area contributed by atoms with Crippen molar-refractivity contribution >= 4 is 46.6 Å². The van der Waals surface area contributed by atoms with Gasteiger partial charge in [0.2, 0.25) is 11.8 Å². The highest BCUT2D eigenvalue weighted by molar-refractivity contribution is 5.99. The van der Waals surface area contributed by atoms with Gasteiger partial charge in [-0.3, -0.25) is 24.0 Å². The Hall–Kier alpha value is -5.02. The van der Waals surface area contributed by atoms with Crippen LogP contribution >= 0.6 is 0 Å². The number of carbonyl (C=O) groups is 6. The van der Waals surface area contributed by atoms with E-state index in [-0.39, 0.29) is 81.1 Å². The van der Waals surface area contributed by atoms with E-state index in [1.165, 1.54) is 32.9 Å². The molecule has 2 aromatic rings. The molecule has 15 nitrogen and oxygen atoms in total. The van der Waals surface area contributed by atoms with Gasteiger partial charge in [-0.15, -0.1) is 0 Å². The Balaban J connectivity index is 1.31. The Kier molecular flexibility index (Phi) is 12.0. The molecule has 1 saturated carbocycles. The largest absolute Gasteiger partial charge is 0.483 e. The van der Waals surface area contributed by atoms with Crippen molar-refractivity contribution in [3.63, 3.8) is 0 Å². The molecule has 1 aliphatic carbocycles. The Morgan fingerprint density at radius 2 is 1.66 bits per heavy atom. The predicted octanol–water partition coefficient (Wildman–Crippen LogP) is 1.76. The van der Waals surface area contributed by atoms with E-state index in [1.54, 1.807) is 13.8 Å². The number of aromatic nitrogens is 1. The van der Waals surface area contributed by atoms with Crippen molar-refractivity contribution in [1.29, 1.82) is 0 Å². The van der Waals surface area contributed by atoms with Crippen LogP contribution in [0.5, 0.6) is 5.75 Å². The van der Waals surface area contributed by atoms with E-state index in [0.717, 1.165) is 18.9 Å². The van der Waals surface area contributed by atoms with Crippen LogP contribution in [0.1, 0.15) is 62.9 Å². The topological polar surface area (TPSA) is 177 Å². The van der Waals surface area contributed by atoms with Crippen LogP contribution in [-0.4, -0.2) is 126 Å². The number of hydrogen-bond acceptors (Lipinski definition) is 10. The van der Waals surface area contributed by atoms with Crippen molar-refractivity contribution in [2.75, 3.05) is 52.5 Å². The lowest BCUT2D eigenvalue weighted by Gasteiger charge is -2.36. The van der Waals surface area contributed by atoms with Crippen molar-refractivity contribution in [3.05, 3.63) is 35.8 Å². The molecule has 5 amide bonds. The number of rotatable bonds is 13. The van der Waals surface area contributed by atoms with E-state index < -0.39 is 54.3 Å². The Bertz CT molecular complexity index is 1610. The van der Waals surface area contributed by atoms with Crippen molar-refractivity contribution in [2.45, 2.75) is 70.5 Å². The number of carbonyl (C=O) groups excluding carboxylic acids is 6. The second kappa shape index (κ2) is 16.6. The maximum Gasteiger partial charge on any atom is 0.409 e. The highest BCUT2D eigenvalue weighted by Gasteiger charge is 2.37. The van der Waals surface area contributed by atoms with E-state index in [4.69, 9.17) is 14.2 Å². The van der Waals surface area contributed by atoms with E-state index in [2.05, 4.69) is 15.6 Å². The molecule has 270 valence electrons. The van der Waals surface area contributed by atoms with E-state index in [1.807, 2.05) is 0 Å². The lowest BCUT2D eigenvalue weighted by Crippen LogP contribution is -2.56. The molecule has 50 heavy (non-hydrogen) atoms. The highest BCUT2D eigenvalue weighted by Crippen LogP contribution is 2.28. The highest BCUT2D eigenvalue weighted by atomic mass is 19.1. The molecule has 3 heterocycles. The monoisotopic (exact) mass is 698 g/mol. The zero-order valence-corrected chi connectivity index (χ0v) is 28.3. The van der Waals surface area contributed by atoms with Gasteiger partial charge in [0.25, 0.3) is 11.8 Å². The molecule has 1 aromatic heterocycles. The summed E-state index contributed by atoms with van der Waals surface area (Å²) in [5.41, 5.74) is -0.137. The lowest BCUT2D eigenvalue weighted by atomic mass is 10.1. The number of hydrogen-bond donors (Lipinski definition) is 2. The summed E-state index contributed by atoms with van der Waals surface area (Å²) >= 11 is 0. The van der Waals surface area contributed by atoms with Crippen LogP contribution in [0.2, 0.25) is 0 Å². The number of esters is 1. The number of ether oxygens (including phenoxy) is 3. The average molecular weight is 699 g/mol. The molecule has 2 aliphatic heterocycles. The Morgan fingerprint density at radius 1 is 0.940 bits per heavy atom. The van der Waals surface area contributed by atoms with Gasteiger partial charge in [-0.2, -0.15) is 0 Å². The van der Waals surface area contributed by atoms with Crippen LogP contribution in [0.25, 0.3) is 10.9 Å². The molecule has 2 saturated heterocycles. The minimum absolute atomic E-state index is 0.0763. The van der Waals surface area contributed by atoms with E-state index in [9.17, 15) is 33.2 Å². The summed E-state index contributed by atoms with van der Waals surface area (Å²) in [6.45, 7) is 4.50. The van der Waals surface area contributed by atoms with Crippen LogP contribution in [0.15, 0.2) is 24.3 Å².